The van der Waals surface area contributed by atoms with Gasteiger partial charge in [0.2, 0.25) is 0 Å². The SMILES string of the molecule is O=C(NCC1CCCCC1)c1ccc(C(F)(F)P(=O)(O)O)cc1. The largest absolute Gasteiger partial charge is 0.399 e. The van der Waals surface area contributed by atoms with Crippen molar-refractivity contribution in [2.75, 3.05) is 6.54 Å². The van der Waals surface area contributed by atoms with Gasteiger partial charge in [0.1, 0.15) is 0 Å². The number of nitrogens with one attached hydrogen (secondary N) is 1. The second-order valence-electron chi connectivity index (χ2n) is 5.88. The topological polar surface area (TPSA) is 86.6 Å². The van der Waals surface area contributed by atoms with Gasteiger partial charge < -0.3 is 15.1 Å². The van der Waals surface area contributed by atoms with Gasteiger partial charge in [-0.1, -0.05) is 31.4 Å². The van der Waals surface area contributed by atoms with Crippen LogP contribution in [-0.4, -0.2) is 22.2 Å². The second-order valence-corrected chi connectivity index (χ2v) is 7.53. The van der Waals surface area contributed by atoms with E-state index in [0.29, 0.717) is 12.5 Å². The maximum absolute atomic E-state index is 13.5. The molecule has 128 valence electrons. The van der Waals surface area contributed by atoms with E-state index >= 15 is 0 Å². The molecular weight excluding hydrogens is 327 g/mol. The molecule has 0 aromatic heterocycles. The summed E-state index contributed by atoms with van der Waals surface area (Å²) in [5, 5.41) is 2.78. The molecule has 1 aromatic rings. The number of carbonyl (C=O) groups excluding carboxylic acids is 1. The molecule has 1 aliphatic rings. The molecule has 0 aliphatic heterocycles. The molecule has 5 nitrogen and oxygen atoms in total. The highest BCUT2D eigenvalue weighted by atomic mass is 31.2. The standard InChI is InChI=1S/C15H20F2NO4P/c16-15(17,23(20,21)22)13-8-6-12(7-9-13)14(19)18-10-11-4-2-1-3-5-11/h6-9,11H,1-5,10H2,(H,18,19)(H2,20,21,22). The molecule has 0 saturated heterocycles. The van der Waals surface area contributed by atoms with Gasteiger partial charge >= 0.3 is 13.3 Å². The Morgan fingerprint density at radius 2 is 1.74 bits per heavy atom. The summed E-state index contributed by atoms with van der Waals surface area (Å²) in [6.07, 6.45) is 5.69. The van der Waals surface area contributed by atoms with Gasteiger partial charge in [-0.3, -0.25) is 9.36 Å². The number of hydrogen-bond acceptors (Lipinski definition) is 2. The lowest BCUT2D eigenvalue weighted by Crippen LogP contribution is -2.30. The third kappa shape index (κ3) is 4.37. The molecule has 0 bridgehead atoms. The van der Waals surface area contributed by atoms with E-state index in [1.54, 1.807) is 0 Å². The smallest absolute Gasteiger partial charge is 0.352 e. The Kier molecular flexibility index (Phi) is 5.55. The molecule has 0 spiro atoms. The number of amides is 1. The van der Waals surface area contributed by atoms with Crippen molar-refractivity contribution >= 4 is 13.5 Å². The lowest BCUT2D eigenvalue weighted by atomic mass is 9.89. The predicted octanol–water partition coefficient (Wildman–Crippen LogP) is 3.22. The molecule has 1 saturated carbocycles. The minimum atomic E-state index is -5.59. The Balaban J connectivity index is 1.98. The predicted molar refractivity (Wildman–Crippen MR) is 81.3 cm³/mol. The van der Waals surface area contributed by atoms with Gasteiger partial charge in [0.05, 0.1) is 0 Å². The van der Waals surface area contributed by atoms with Crippen LogP contribution in [0.2, 0.25) is 0 Å². The van der Waals surface area contributed by atoms with Gasteiger partial charge in [-0.15, -0.1) is 0 Å². The minimum Gasteiger partial charge on any atom is -0.352 e. The fourth-order valence-corrected chi connectivity index (χ4v) is 3.21. The molecule has 0 radical (unpaired) electrons. The van der Waals surface area contributed by atoms with Crippen molar-refractivity contribution < 1.29 is 27.9 Å². The molecule has 0 unspecified atom stereocenters. The monoisotopic (exact) mass is 347 g/mol. The third-order valence-corrected chi connectivity index (χ3v) is 5.13. The van der Waals surface area contributed by atoms with E-state index in [0.717, 1.165) is 49.9 Å². The van der Waals surface area contributed by atoms with E-state index in [4.69, 9.17) is 9.79 Å². The maximum Gasteiger partial charge on any atom is 0.399 e. The lowest BCUT2D eigenvalue weighted by Gasteiger charge is -2.21. The van der Waals surface area contributed by atoms with Crippen molar-refractivity contribution in [2.45, 2.75) is 37.8 Å². The Morgan fingerprint density at radius 3 is 2.26 bits per heavy atom. The fourth-order valence-electron chi connectivity index (χ4n) is 2.72. The molecule has 1 fully saturated rings. The van der Waals surface area contributed by atoms with Gasteiger partial charge in [-0.2, -0.15) is 8.78 Å². The molecule has 1 aliphatic carbocycles. The number of carbonyl (C=O) groups is 1. The molecule has 23 heavy (non-hydrogen) atoms. The highest BCUT2D eigenvalue weighted by Gasteiger charge is 2.50. The number of alkyl halides is 2. The van der Waals surface area contributed by atoms with E-state index in [9.17, 15) is 18.1 Å². The second kappa shape index (κ2) is 7.07. The summed E-state index contributed by atoms with van der Waals surface area (Å²) in [6.45, 7) is 0.555. The average Bonchev–Trinajstić information content (AvgIpc) is 2.52. The highest BCUT2D eigenvalue weighted by Crippen LogP contribution is 2.59. The molecule has 1 amide bonds. The zero-order valence-electron chi connectivity index (χ0n) is 12.5. The summed E-state index contributed by atoms with van der Waals surface area (Å²) in [5.74, 6) is 0.0765. The van der Waals surface area contributed by atoms with E-state index < -0.39 is 18.8 Å². The molecule has 3 N–H and O–H groups in total. The first-order valence-corrected chi connectivity index (χ1v) is 9.15. The Bertz CT molecular complexity index is 594. The third-order valence-electron chi connectivity index (χ3n) is 4.14. The first-order valence-electron chi connectivity index (χ1n) is 7.54. The first-order chi connectivity index (χ1) is 10.7. The van der Waals surface area contributed by atoms with E-state index in [2.05, 4.69) is 5.32 Å². The molecule has 2 rings (SSSR count). The molecular formula is C15H20F2NO4P. The normalized spacial score (nSPS) is 17.0. The lowest BCUT2D eigenvalue weighted by molar-refractivity contribution is 0.0564. The summed E-state index contributed by atoms with van der Waals surface area (Å²) in [4.78, 5) is 29.4. The average molecular weight is 347 g/mol. The summed E-state index contributed by atoms with van der Waals surface area (Å²) < 4.78 is 37.9. The van der Waals surface area contributed by atoms with Gasteiger partial charge in [0.15, 0.2) is 0 Å². The van der Waals surface area contributed by atoms with Gasteiger partial charge in [-0.05, 0) is 30.9 Å². The van der Waals surface area contributed by atoms with Crippen LogP contribution in [0.5, 0.6) is 0 Å². The van der Waals surface area contributed by atoms with E-state index in [1.165, 1.54) is 6.42 Å². The van der Waals surface area contributed by atoms with Crippen molar-refractivity contribution in [1.82, 2.24) is 5.32 Å². The quantitative estimate of drug-likeness (QED) is 0.714. The molecule has 1 aromatic carbocycles. The highest BCUT2D eigenvalue weighted by molar-refractivity contribution is 7.52. The van der Waals surface area contributed by atoms with Crippen LogP contribution in [0, 0.1) is 5.92 Å². The number of benzene rings is 1. The van der Waals surface area contributed by atoms with Crippen molar-refractivity contribution in [1.29, 1.82) is 0 Å². The molecule has 0 heterocycles. The zero-order chi connectivity index (χ0) is 17.1. The zero-order valence-corrected chi connectivity index (χ0v) is 13.4. The van der Waals surface area contributed by atoms with Crippen molar-refractivity contribution in [3.8, 4) is 0 Å². The summed E-state index contributed by atoms with van der Waals surface area (Å²) >= 11 is 0. The van der Waals surface area contributed by atoms with Crippen LogP contribution < -0.4 is 5.32 Å². The molecule has 0 atom stereocenters. The van der Waals surface area contributed by atoms with Crippen LogP contribution in [0.4, 0.5) is 8.78 Å². The summed E-state index contributed by atoms with van der Waals surface area (Å²) in [7, 11) is -5.59. The summed E-state index contributed by atoms with van der Waals surface area (Å²) in [5.41, 5.74) is -4.88. The molecule has 8 heteroatoms. The van der Waals surface area contributed by atoms with Crippen LogP contribution in [-0.2, 0) is 10.2 Å². The van der Waals surface area contributed by atoms with Crippen LogP contribution in [0.3, 0.4) is 0 Å². The fraction of sp³-hybridized carbons (Fsp3) is 0.533. The number of hydrogen-bond donors (Lipinski definition) is 3. The number of halogens is 2. The van der Waals surface area contributed by atoms with Crippen LogP contribution >= 0.6 is 7.60 Å². The Labute approximate surface area is 133 Å². The van der Waals surface area contributed by atoms with Crippen LogP contribution in [0.15, 0.2) is 24.3 Å². The Morgan fingerprint density at radius 1 is 1.17 bits per heavy atom. The first kappa shape index (κ1) is 18.0. The van der Waals surface area contributed by atoms with Gasteiger partial charge in [0, 0.05) is 17.7 Å². The van der Waals surface area contributed by atoms with Crippen molar-refractivity contribution in [3.63, 3.8) is 0 Å². The minimum absolute atomic E-state index is 0.186. The van der Waals surface area contributed by atoms with Gasteiger partial charge in [0.25, 0.3) is 5.91 Å². The van der Waals surface area contributed by atoms with Crippen LogP contribution in [0.1, 0.15) is 48.0 Å². The van der Waals surface area contributed by atoms with Gasteiger partial charge in [-0.25, -0.2) is 0 Å². The summed E-state index contributed by atoms with van der Waals surface area (Å²) in [6, 6.07) is 4.04. The maximum atomic E-state index is 13.5. The van der Waals surface area contributed by atoms with Crippen molar-refractivity contribution in [2.24, 2.45) is 5.92 Å². The van der Waals surface area contributed by atoms with Crippen molar-refractivity contribution in [3.05, 3.63) is 35.4 Å². The Hall–Kier alpha value is -1.30. The van der Waals surface area contributed by atoms with Crippen LogP contribution in [0.25, 0.3) is 0 Å². The van der Waals surface area contributed by atoms with E-state index in [-0.39, 0.29) is 11.5 Å². The number of rotatable bonds is 5. The van der Waals surface area contributed by atoms with E-state index in [1.807, 2.05) is 0 Å².